The van der Waals surface area contributed by atoms with Crippen molar-refractivity contribution in [2.24, 2.45) is 0 Å². The van der Waals surface area contributed by atoms with Crippen molar-refractivity contribution in [1.29, 1.82) is 0 Å². The van der Waals surface area contributed by atoms with E-state index in [1.165, 1.54) is 23.3 Å². The fourth-order valence-corrected chi connectivity index (χ4v) is 4.34. The van der Waals surface area contributed by atoms with Crippen molar-refractivity contribution in [2.75, 3.05) is 6.61 Å². The summed E-state index contributed by atoms with van der Waals surface area (Å²) in [4.78, 5) is 28.7. The first-order chi connectivity index (χ1) is 16.5. The van der Waals surface area contributed by atoms with Crippen LogP contribution in [0.2, 0.25) is 0 Å². The molecule has 0 radical (unpaired) electrons. The van der Waals surface area contributed by atoms with Crippen LogP contribution in [0.15, 0.2) is 71.3 Å². The fraction of sp³-hybridized carbons (Fsp3) is 0.333. The van der Waals surface area contributed by atoms with Crippen LogP contribution in [-0.4, -0.2) is 29.4 Å². The lowest BCUT2D eigenvalue weighted by molar-refractivity contribution is -0.126. The van der Waals surface area contributed by atoms with Crippen LogP contribution in [0.25, 0.3) is 0 Å². The zero-order valence-electron chi connectivity index (χ0n) is 19.2. The summed E-state index contributed by atoms with van der Waals surface area (Å²) in [6, 6.07) is 15.5. The molecule has 1 aliphatic rings. The Bertz CT molecular complexity index is 1070. The average molecular weight is 465 g/mol. The van der Waals surface area contributed by atoms with E-state index in [2.05, 4.69) is 5.32 Å². The van der Waals surface area contributed by atoms with E-state index in [1.54, 1.807) is 48.5 Å². The van der Waals surface area contributed by atoms with Crippen LogP contribution in [0.4, 0.5) is 4.39 Å². The van der Waals surface area contributed by atoms with Gasteiger partial charge in [-0.15, -0.1) is 0 Å². The van der Waals surface area contributed by atoms with E-state index >= 15 is 0 Å². The molecule has 1 N–H and O–H groups in total. The summed E-state index contributed by atoms with van der Waals surface area (Å²) in [7, 11) is 0. The molecule has 2 amide bonds. The summed E-state index contributed by atoms with van der Waals surface area (Å²) in [6.45, 7) is 2.53. The zero-order valence-corrected chi connectivity index (χ0v) is 19.2. The molecule has 0 aliphatic heterocycles. The largest absolute Gasteiger partial charge is 0.494 e. The molecule has 0 saturated heterocycles. The second-order valence-corrected chi connectivity index (χ2v) is 8.43. The van der Waals surface area contributed by atoms with Gasteiger partial charge in [0.2, 0.25) is 5.91 Å². The Morgan fingerprint density at radius 1 is 1.09 bits per heavy atom. The maximum absolute atomic E-state index is 13.6. The van der Waals surface area contributed by atoms with Crippen LogP contribution in [-0.2, 0) is 11.3 Å². The third kappa shape index (κ3) is 5.65. The van der Waals surface area contributed by atoms with Gasteiger partial charge in [0, 0.05) is 12.6 Å². The maximum Gasteiger partial charge on any atom is 0.290 e. The highest BCUT2D eigenvalue weighted by molar-refractivity contribution is 5.96. The number of halogens is 1. The number of rotatable bonds is 9. The normalized spacial score (nSPS) is 14.5. The molecule has 34 heavy (non-hydrogen) atoms. The van der Waals surface area contributed by atoms with Gasteiger partial charge >= 0.3 is 0 Å². The van der Waals surface area contributed by atoms with Crippen LogP contribution in [0.5, 0.6) is 5.75 Å². The highest BCUT2D eigenvalue weighted by Gasteiger charge is 2.34. The van der Waals surface area contributed by atoms with Gasteiger partial charge in [-0.1, -0.05) is 37.1 Å². The summed E-state index contributed by atoms with van der Waals surface area (Å²) in [5.41, 5.74) is 1.35. The molecule has 1 saturated carbocycles. The molecule has 0 bridgehead atoms. The molecule has 0 spiro atoms. The van der Waals surface area contributed by atoms with Gasteiger partial charge in [-0.25, -0.2) is 4.39 Å². The Balaban J connectivity index is 1.72. The van der Waals surface area contributed by atoms with E-state index in [0.717, 1.165) is 25.7 Å². The smallest absolute Gasteiger partial charge is 0.290 e. The molecule has 2 aromatic carbocycles. The van der Waals surface area contributed by atoms with Gasteiger partial charge in [0.1, 0.15) is 17.6 Å². The first-order valence-electron chi connectivity index (χ1n) is 11.7. The molecule has 3 aromatic rings. The van der Waals surface area contributed by atoms with Gasteiger partial charge in [-0.3, -0.25) is 9.59 Å². The Morgan fingerprint density at radius 2 is 1.79 bits per heavy atom. The SMILES string of the molecule is CCOc1ccc(C(C(=O)NC2CCCC2)N(Cc2ccc(F)cc2)C(=O)c2ccco2)cc1. The van der Waals surface area contributed by atoms with E-state index in [1.807, 2.05) is 6.92 Å². The average Bonchev–Trinajstić information content (AvgIpc) is 3.55. The number of nitrogens with zero attached hydrogens (tertiary/aromatic N) is 1. The first-order valence-corrected chi connectivity index (χ1v) is 11.7. The molecule has 6 nitrogen and oxygen atoms in total. The minimum atomic E-state index is -0.904. The van der Waals surface area contributed by atoms with E-state index in [0.29, 0.717) is 23.5 Å². The van der Waals surface area contributed by atoms with Crippen LogP contribution >= 0.6 is 0 Å². The summed E-state index contributed by atoms with van der Waals surface area (Å²) in [6.07, 6.45) is 5.41. The molecule has 1 aliphatic carbocycles. The van der Waals surface area contributed by atoms with Crippen molar-refractivity contribution in [1.82, 2.24) is 10.2 Å². The quantitative estimate of drug-likeness (QED) is 0.469. The molecule has 4 rings (SSSR count). The monoisotopic (exact) mass is 464 g/mol. The number of amides is 2. The molecule has 1 heterocycles. The number of carbonyl (C=O) groups excluding carboxylic acids is 2. The minimum absolute atomic E-state index is 0.0871. The van der Waals surface area contributed by atoms with Gasteiger partial charge in [-0.05, 0) is 67.3 Å². The number of hydrogen-bond donors (Lipinski definition) is 1. The van der Waals surface area contributed by atoms with Crippen LogP contribution in [0.3, 0.4) is 0 Å². The van der Waals surface area contributed by atoms with Crippen molar-refractivity contribution < 1.29 is 23.1 Å². The lowest BCUT2D eigenvalue weighted by Crippen LogP contribution is -2.45. The molecular formula is C27H29FN2O4. The summed E-state index contributed by atoms with van der Waals surface area (Å²) in [5, 5.41) is 3.14. The van der Waals surface area contributed by atoms with Crippen LogP contribution in [0.1, 0.15) is 60.3 Å². The van der Waals surface area contributed by atoms with E-state index in [9.17, 15) is 14.0 Å². The Hall–Kier alpha value is -3.61. The van der Waals surface area contributed by atoms with E-state index in [-0.39, 0.29) is 30.1 Å². The standard InChI is InChI=1S/C27H29FN2O4/c1-2-33-23-15-11-20(12-16-23)25(26(31)29-22-6-3-4-7-22)30(27(32)24-8-5-17-34-24)18-19-9-13-21(28)14-10-19/h5,8-17,22,25H,2-4,6-7,18H2,1H3,(H,29,31). The third-order valence-corrected chi connectivity index (χ3v) is 6.03. The summed E-state index contributed by atoms with van der Waals surface area (Å²) < 4.78 is 24.4. The first kappa shape index (κ1) is 23.5. The molecule has 7 heteroatoms. The molecule has 1 atom stereocenters. The fourth-order valence-electron chi connectivity index (χ4n) is 4.34. The second-order valence-electron chi connectivity index (χ2n) is 8.43. The van der Waals surface area contributed by atoms with Crippen molar-refractivity contribution in [2.45, 2.75) is 51.2 Å². The van der Waals surface area contributed by atoms with Crippen LogP contribution < -0.4 is 10.1 Å². The third-order valence-electron chi connectivity index (χ3n) is 6.03. The lowest BCUT2D eigenvalue weighted by Gasteiger charge is -2.32. The van der Waals surface area contributed by atoms with Gasteiger partial charge in [0.15, 0.2) is 5.76 Å². The number of hydrogen-bond acceptors (Lipinski definition) is 4. The highest BCUT2D eigenvalue weighted by Crippen LogP contribution is 2.29. The van der Waals surface area contributed by atoms with Crippen molar-refractivity contribution in [3.8, 4) is 5.75 Å². The Kier molecular flexibility index (Phi) is 7.62. The number of nitrogens with one attached hydrogen (secondary N) is 1. The molecular weight excluding hydrogens is 435 g/mol. The van der Waals surface area contributed by atoms with Crippen molar-refractivity contribution in [3.63, 3.8) is 0 Å². The van der Waals surface area contributed by atoms with Gasteiger partial charge in [0.05, 0.1) is 12.9 Å². The number of carbonyl (C=O) groups is 2. The maximum atomic E-state index is 13.6. The highest BCUT2D eigenvalue weighted by atomic mass is 19.1. The summed E-state index contributed by atoms with van der Waals surface area (Å²) >= 11 is 0. The molecule has 1 unspecified atom stereocenters. The van der Waals surface area contributed by atoms with Crippen LogP contribution in [0, 0.1) is 5.82 Å². The molecule has 1 fully saturated rings. The number of benzene rings is 2. The molecule has 178 valence electrons. The van der Waals surface area contributed by atoms with Gasteiger partial charge in [-0.2, -0.15) is 0 Å². The number of furan rings is 1. The van der Waals surface area contributed by atoms with Crippen molar-refractivity contribution in [3.05, 3.63) is 89.6 Å². The molecule has 1 aromatic heterocycles. The predicted octanol–water partition coefficient (Wildman–Crippen LogP) is 5.26. The van der Waals surface area contributed by atoms with E-state index in [4.69, 9.17) is 9.15 Å². The topological polar surface area (TPSA) is 71.8 Å². The minimum Gasteiger partial charge on any atom is -0.494 e. The number of ether oxygens (including phenoxy) is 1. The van der Waals surface area contributed by atoms with Gasteiger partial charge in [0.25, 0.3) is 5.91 Å². The second kappa shape index (κ2) is 11.0. The zero-order chi connectivity index (χ0) is 23.9. The lowest BCUT2D eigenvalue weighted by atomic mass is 10.0. The Morgan fingerprint density at radius 3 is 2.41 bits per heavy atom. The van der Waals surface area contributed by atoms with Gasteiger partial charge < -0.3 is 19.4 Å². The van der Waals surface area contributed by atoms with Crippen molar-refractivity contribution >= 4 is 11.8 Å². The Labute approximate surface area is 198 Å². The predicted molar refractivity (Wildman–Crippen MR) is 126 cm³/mol. The van der Waals surface area contributed by atoms with E-state index < -0.39 is 11.9 Å². The summed E-state index contributed by atoms with van der Waals surface area (Å²) in [5.74, 6) is -0.224.